The molecule has 1 aromatic carbocycles. The van der Waals surface area contributed by atoms with E-state index in [1.165, 1.54) is 22.4 Å². The molecule has 1 aliphatic carbocycles. The van der Waals surface area contributed by atoms with E-state index in [2.05, 4.69) is 25.5 Å². The highest BCUT2D eigenvalue weighted by Crippen LogP contribution is 2.29. The molecule has 0 unspecified atom stereocenters. The number of aromatic nitrogens is 5. The Hall–Kier alpha value is -2.61. The number of nitrogens with zero attached hydrogens (tertiary/aromatic N) is 4. The summed E-state index contributed by atoms with van der Waals surface area (Å²) < 4.78 is 15.1. The van der Waals surface area contributed by atoms with Crippen molar-refractivity contribution in [2.75, 3.05) is 0 Å². The van der Waals surface area contributed by atoms with Crippen LogP contribution in [0.1, 0.15) is 23.2 Å². The fourth-order valence-corrected chi connectivity index (χ4v) is 2.95. The third-order valence-electron chi connectivity index (χ3n) is 3.84. The highest BCUT2D eigenvalue weighted by Gasteiger charge is 2.23. The molecule has 0 aliphatic heterocycles. The fraction of sp³-hybridized carbons (Fsp3) is 0.200. The summed E-state index contributed by atoms with van der Waals surface area (Å²) in [5.74, 6) is 0.247. The van der Waals surface area contributed by atoms with Crippen molar-refractivity contribution in [3.8, 4) is 11.5 Å². The van der Waals surface area contributed by atoms with E-state index in [9.17, 15) is 4.39 Å². The first-order valence-corrected chi connectivity index (χ1v) is 7.67. The van der Waals surface area contributed by atoms with Crippen LogP contribution in [0.15, 0.2) is 29.4 Å². The molecule has 0 saturated carbocycles. The number of nitrogens with one attached hydrogen (secondary N) is 2. The molecule has 0 amide bonds. The number of fused-ring (bicyclic) bond motifs is 1. The molecule has 0 bridgehead atoms. The normalized spacial score (nSPS) is 13.8. The third-order valence-corrected chi connectivity index (χ3v) is 4.10. The van der Waals surface area contributed by atoms with Gasteiger partial charge >= 0.3 is 0 Å². The molecule has 8 heteroatoms. The van der Waals surface area contributed by atoms with Crippen molar-refractivity contribution in [1.29, 1.82) is 0 Å². The first kappa shape index (κ1) is 14.0. The van der Waals surface area contributed by atoms with Crippen LogP contribution in [0.2, 0.25) is 0 Å². The first-order chi connectivity index (χ1) is 11.2. The van der Waals surface area contributed by atoms with Gasteiger partial charge in [-0.25, -0.2) is 9.49 Å². The number of H-pyrrole nitrogens is 2. The van der Waals surface area contributed by atoms with Crippen LogP contribution in [0, 0.1) is 10.6 Å². The van der Waals surface area contributed by atoms with Crippen molar-refractivity contribution in [3.05, 3.63) is 51.7 Å². The van der Waals surface area contributed by atoms with Crippen molar-refractivity contribution in [2.24, 2.45) is 5.10 Å². The molecule has 2 heterocycles. The number of hydrogen-bond acceptors (Lipinski definition) is 4. The van der Waals surface area contributed by atoms with Gasteiger partial charge in [-0.3, -0.25) is 5.10 Å². The van der Waals surface area contributed by atoms with Crippen LogP contribution in [0.25, 0.3) is 11.5 Å². The van der Waals surface area contributed by atoms with Crippen molar-refractivity contribution >= 4 is 18.4 Å². The SMILES string of the molecule is Fc1cccc(/C=N/n2c(-c3n[nH]c4c3CCC4)n[nH]c2=S)c1. The van der Waals surface area contributed by atoms with Gasteiger partial charge < -0.3 is 0 Å². The minimum absolute atomic E-state index is 0.310. The molecule has 0 fully saturated rings. The molecule has 6 nitrogen and oxygen atoms in total. The number of aromatic amines is 2. The lowest BCUT2D eigenvalue weighted by molar-refractivity contribution is 0.627. The van der Waals surface area contributed by atoms with Crippen molar-refractivity contribution in [1.82, 2.24) is 25.1 Å². The monoisotopic (exact) mass is 328 g/mol. The fourth-order valence-electron chi connectivity index (χ4n) is 2.77. The Morgan fingerprint density at radius 1 is 1.26 bits per heavy atom. The lowest BCUT2D eigenvalue weighted by Gasteiger charge is -2.00. The van der Waals surface area contributed by atoms with E-state index in [0.29, 0.717) is 16.2 Å². The lowest BCUT2D eigenvalue weighted by Crippen LogP contribution is -1.97. The van der Waals surface area contributed by atoms with Crippen LogP contribution < -0.4 is 0 Å². The van der Waals surface area contributed by atoms with Crippen molar-refractivity contribution in [2.45, 2.75) is 19.3 Å². The number of hydrogen-bond donors (Lipinski definition) is 2. The summed E-state index contributed by atoms with van der Waals surface area (Å²) in [6.07, 6.45) is 4.62. The number of rotatable bonds is 3. The maximum Gasteiger partial charge on any atom is 0.216 e. The van der Waals surface area contributed by atoms with Gasteiger partial charge in [0, 0.05) is 11.3 Å². The molecule has 1 aliphatic rings. The first-order valence-electron chi connectivity index (χ1n) is 7.26. The van der Waals surface area contributed by atoms with E-state index in [0.717, 1.165) is 30.7 Å². The van der Waals surface area contributed by atoms with E-state index in [1.54, 1.807) is 18.3 Å². The summed E-state index contributed by atoms with van der Waals surface area (Å²) in [5.41, 5.74) is 3.73. The maximum atomic E-state index is 13.2. The summed E-state index contributed by atoms with van der Waals surface area (Å²) in [7, 11) is 0. The Bertz CT molecular complexity index is 951. The van der Waals surface area contributed by atoms with E-state index in [1.807, 2.05) is 0 Å². The van der Waals surface area contributed by atoms with E-state index in [-0.39, 0.29) is 5.82 Å². The van der Waals surface area contributed by atoms with Crippen LogP contribution in [0.3, 0.4) is 0 Å². The topological polar surface area (TPSA) is 74.7 Å². The largest absolute Gasteiger partial charge is 0.282 e. The zero-order valence-electron chi connectivity index (χ0n) is 12.1. The predicted molar refractivity (Wildman–Crippen MR) is 86.4 cm³/mol. The standard InChI is InChI=1S/C15H13FN6S/c16-10-4-1-3-9(7-10)8-17-22-14(20-21-15(22)23)13-11-5-2-6-12(11)18-19-13/h1,3-4,7-8H,2,5-6H2,(H,18,19)(H,21,23)/b17-8+. The van der Waals surface area contributed by atoms with E-state index < -0.39 is 0 Å². The van der Waals surface area contributed by atoms with Gasteiger partial charge in [-0.05, 0) is 49.2 Å². The molecule has 3 aromatic rings. The molecule has 2 N–H and O–H groups in total. The zero-order chi connectivity index (χ0) is 15.8. The Morgan fingerprint density at radius 2 is 2.17 bits per heavy atom. The van der Waals surface area contributed by atoms with Gasteiger partial charge in [-0.15, -0.1) is 0 Å². The summed E-state index contributed by atoms with van der Waals surface area (Å²) in [4.78, 5) is 0. The molecule has 4 rings (SSSR count). The van der Waals surface area contributed by atoms with Crippen LogP contribution in [0.4, 0.5) is 4.39 Å². The molecule has 23 heavy (non-hydrogen) atoms. The highest BCUT2D eigenvalue weighted by atomic mass is 32.1. The van der Waals surface area contributed by atoms with Gasteiger partial charge in [0.1, 0.15) is 11.5 Å². The smallest absolute Gasteiger partial charge is 0.216 e. The minimum atomic E-state index is -0.310. The highest BCUT2D eigenvalue weighted by molar-refractivity contribution is 7.71. The zero-order valence-corrected chi connectivity index (χ0v) is 12.9. The predicted octanol–water partition coefficient (Wildman–Crippen LogP) is 2.84. The quantitative estimate of drug-likeness (QED) is 0.573. The van der Waals surface area contributed by atoms with E-state index in [4.69, 9.17) is 12.2 Å². The van der Waals surface area contributed by atoms with E-state index >= 15 is 0 Å². The Morgan fingerprint density at radius 3 is 3.04 bits per heavy atom. The molecule has 0 spiro atoms. The van der Waals surface area contributed by atoms with Gasteiger partial charge in [-0.1, -0.05) is 12.1 Å². The van der Waals surface area contributed by atoms with Gasteiger partial charge in [0.25, 0.3) is 0 Å². The molecular weight excluding hydrogens is 315 g/mol. The molecular formula is C15H13FN6S. The summed E-state index contributed by atoms with van der Waals surface area (Å²) in [6, 6.07) is 6.19. The van der Waals surface area contributed by atoms with Crippen LogP contribution in [-0.2, 0) is 12.8 Å². The summed E-state index contributed by atoms with van der Waals surface area (Å²) >= 11 is 5.24. The van der Waals surface area contributed by atoms with Crippen molar-refractivity contribution in [3.63, 3.8) is 0 Å². The Balaban J connectivity index is 1.75. The summed E-state index contributed by atoms with van der Waals surface area (Å²) in [5, 5.41) is 18.7. The van der Waals surface area contributed by atoms with Gasteiger partial charge in [0.05, 0.1) is 6.21 Å². The lowest BCUT2D eigenvalue weighted by atomic mass is 10.2. The molecule has 0 radical (unpaired) electrons. The average molecular weight is 328 g/mol. The second-order valence-electron chi connectivity index (χ2n) is 5.35. The summed E-state index contributed by atoms with van der Waals surface area (Å²) in [6.45, 7) is 0. The number of benzene rings is 1. The Labute approximate surface area is 136 Å². The molecule has 0 atom stereocenters. The van der Waals surface area contributed by atoms with Gasteiger partial charge in [-0.2, -0.15) is 20.0 Å². The van der Waals surface area contributed by atoms with Crippen LogP contribution >= 0.6 is 12.2 Å². The average Bonchev–Trinajstić information content (AvgIpc) is 3.21. The van der Waals surface area contributed by atoms with Gasteiger partial charge in [0.2, 0.25) is 10.6 Å². The van der Waals surface area contributed by atoms with Crippen LogP contribution in [0.5, 0.6) is 0 Å². The molecule has 2 aromatic heterocycles. The second-order valence-corrected chi connectivity index (χ2v) is 5.73. The molecule has 0 saturated heterocycles. The minimum Gasteiger partial charge on any atom is -0.282 e. The van der Waals surface area contributed by atoms with Crippen LogP contribution in [-0.4, -0.2) is 31.3 Å². The second kappa shape index (κ2) is 5.54. The van der Waals surface area contributed by atoms with Crippen molar-refractivity contribution < 1.29 is 4.39 Å². The Kier molecular flexibility index (Phi) is 3.38. The number of halogens is 1. The van der Waals surface area contributed by atoms with Gasteiger partial charge in [0.15, 0.2) is 0 Å². The molecule has 116 valence electrons. The third kappa shape index (κ3) is 2.50. The maximum absolute atomic E-state index is 13.2. The number of aryl methyl sites for hydroxylation is 1.